The second-order valence-electron chi connectivity index (χ2n) is 7.72. The van der Waals surface area contributed by atoms with Crippen molar-refractivity contribution in [3.8, 4) is 5.75 Å². The molecule has 2 aromatic carbocycles. The number of pyridine rings is 1. The smallest absolute Gasteiger partial charge is 0.321 e. The molecule has 9 heteroatoms. The predicted octanol–water partition coefficient (Wildman–Crippen LogP) is 3.14. The molecule has 0 bridgehead atoms. The summed E-state index contributed by atoms with van der Waals surface area (Å²) in [6, 6.07) is 15.4. The Kier molecular flexibility index (Phi) is 5.14. The van der Waals surface area contributed by atoms with Gasteiger partial charge in [0.15, 0.2) is 0 Å². The number of methoxy groups -OCH3 is 1. The van der Waals surface area contributed by atoms with Crippen molar-refractivity contribution in [2.24, 2.45) is 0 Å². The zero-order chi connectivity index (χ0) is 22.9. The van der Waals surface area contributed by atoms with E-state index in [2.05, 4.69) is 15.6 Å². The number of hydrogen-bond acceptors (Lipinski definition) is 6. The number of amides is 4. The highest BCUT2D eigenvalue weighted by Crippen LogP contribution is 2.30. The molecule has 2 N–H and O–H groups in total. The van der Waals surface area contributed by atoms with Crippen LogP contribution in [0.5, 0.6) is 5.75 Å². The molecule has 33 heavy (non-hydrogen) atoms. The van der Waals surface area contributed by atoms with Crippen molar-refractivity contribution in [1.82, 2.24) is 20.5 Å². The Labute approximate surface area is 188 Å². The van der Waals surface area contributed by atoms with Gasteiger partial charge in [-0.3, -0.25) is 14.9 Å². The van der Waals surface area contributed by atoms with E-state index in [9.17, 15) is 14.4 Å². The molecule has 1 aliphatic heterocycles. The highest BCUT2D eigenvalue weighted by Gasteiger charge is 2.32. The number of ether oxygens (including phenoxy) is 1. The molecule has 166 valence electrons. The Bertz CT molecular complexity index is 1340. The normalized spacial score (nSPS) is 13.7. The van der Waals surface area contributed by atoms with Gasteiger partial charge in [0.25, 0.3) is 5.91 Å². The van der Waals surface area contributed by atoms with Gasteiger partial charge in [0, 0.05) is 29.4 Å². The number of rotatable bonds is 6. The van der Waals surface area contributed by atoms with E-state index < -0.39 is 12.1 Å². The van der Waals surface area contributed by atoms with E-state index in [1.165, 1.54) is 0 Å². The lowest BCUT2D eigenvalue weighted by Crippen LogP contribution is -2.42. The quantitative estimate of drug-likeness (QED) is 0.442. The third kappa shape index (κ3) is 3.84. The Morgan fingerprint density at radius 1 is 1.21 bits per heavy atom. The molecule has 2 aromatic heterocycles. The molecule has 1 atom stereocenters. The van der Waals surface area contributed by atoms with Crippen LogP contribution in [0, 0.1) is 0 Å². The number of furan rings is 1. The second kappa shape index (κ2) is 8.27. The van der Waals surface area contributed by atoms with Crippen LogP contribution in [0.1, 0.15) is 27.7 Å². The van der Waals surface area contributed by atoms with Crippen LogP contribution in [0.4, 0.5) is 4.79 Å². The highest BCUT2D eigenvalue weighted by molar-refractivity contribution is 5.99. The van der Waals surface area contributed by atoms with Gasteiger partial charge >= 0.3 is 6.03 Å². The fourth-order valence-electron chi connectivity index (χ4n) is 4.06. The Hall–Kier alpha value is -4.40. The molecule has 0 saturated heterocycles. The second-order valence-corrected chi connectivity index (χ2v) is 7.72. The van der Waals surface area contributed by atoms with Crippen molar-refractivity contribution in [1.29, 1.82) is 0 Å². The topological polar surface area (TPSA) is 114 Å². The summed E-state index contributed by atoms with van der Waals surface area (Å²) in [5.41, 5.74) is 2.64. The minimum absolute atomic E-state index is 0.140. The van der Waals surface area contributed by atoms with Gasteiger partial charge in [-0.15, -0.1) is 0 Å². The Morgan fingerprint density at radius 2 is 2.06 bits per heavy atom. The monoisotopic (exact) mass is 444 g/mol. The van der Waals surface area contributed by atoms with E-state index in [-0.39, 0.29) is 12.5 Å². The number of carbonyl (C=O) groups is 3. The summed E-state index contributed by atoms with van der Waals surface area (Å²) in [5, 5.41) is 6.51. The molecule has 4 aromatic rings. The number of imide groups is 1. The van der Waals surface area contributed by atoms with E-state index in [1.807, 2.05) is 36.4 Å². The number of aromatic nitrogens is 1. The summed E-state index contributed by atoms with van der Waals surface area (Å²) in [6.45, 7) is 0.523. The van der Waals surface area contributed by atoms with Crippen LogP contribution in [0.3, 0.4) is 0 Å². The summed E-state index contributed by atoms with van der Waals surface area (Å²) in [7, 11) is 1.55. The molecule has 0 spiro atoms. The molecule has 0 fully saturated rings. The van der Waals surface area contributed by atoms with Crippen molar-refractivity contribution >= 4 is 40.4 Å². The summed E-state index contributed by atoms with van der Waals surface area (Å²) < 4.78 is 11.2. The first-order valence-corrected chi connectivity index (χ1v) is 10.3. The summed E-state index contributed by atoms with van der Waals surface area (Å²) >= 11 is 0. The van der Waals surface area contributed by atoms with Crippen molar-refractivity contribution in [3.63, 3.8) is 0 Å². The maximum Gasteiger partial charge on any atom is 0.321 e. The van der Waals surface area contributed by atoms with E-state index in [4.69, 9.17) is 9.15 Å². The van der Waals surface area contributed by atoms with Gasteiger partial charge in [0.05, 0.1) is 12.6 Å². The fraction of sp³-hybridized carbons (Fsp3) is 0.167. The van der Waals surface area contributed by atoms with Crippen LogP contribution in [0.15, 0.2) is 59.0 Å². The van der Waals surface area contributed by atoms with Crippen LogP contribution < -0.4 is 15.4 Å². The lowest BCUT2D eigenvalue weighted by Gasteiger charge is -2.23. The molecule has 1 aliphatic rings. The summed E-state index contributed by atoms with van der Waals surface area (Å²) in [5.74, 6) is 0.848. The van der Waals surface area contributed by atoms with Crippen LogP contribution in [0.25, 0.3) is 22.0 Å². The van der Waals surface area contributed by atoms with Crippen LogP contribution in [-0.2, 0) is 11.3 Å². The van der Waals surface area contributed by atoms with Gasteiger partial charge in [0.2, 0.25) is 12.1 Å². The SMILES string of the molecule is COc1ccc2c(c1)C(=O)N(C[C@H](NC(=O)NC=O)c1cc3cc4ccccc4nc3o1)C2. The van der Waals surface area contributed by atoms with Gasteiger partial charge in [-0.25, -0.2) is 9.78 Å². The average Bonchev–Trinajstić information content (AvgIpc) is 3.37. The molecular weight excluding hydrogens is 424 g/mol. The third-order valence-corrected chi connectivity index (χ3v) is 5.67. The molecule has 5 rings (SSSR count). The van der Waals surface area contributed by atoms with Gasteiger partial charge in [-0.05, 0) is 35.9 Å². The molecule has 0 saturated carbocycles. The van der Waals surface area contributed by atoms with Crippen molar-refractivity contribution < 1.29 is 23.5 Å². The standard InChI is InChI=1S/C24H20N4O5/c1-32-17-7-6-15-11-28(23(30)18(15)10-17)12-20(27-24(31)25-13-29)21-9-16-8-14-4-2-3-5-19(14)26-22(16)33-21/h2-10,13,20H,11-12H2,1H3,(H2,25,27,29,31)/t20-/m0/s1. The summed E-state index contributed by atoms with van der Waals surface area (Å²) in [4.78, 5) is 42.1. The molecule has 0 unspecified atom stereocenters. The Balaban J connectivity index is 1.47. The summed E-state index contributed by atoms with van der Waals surface area (Å²) in [6.07, 6.45) is 0.294. The number of benzene rings is 2. The third-order valence-electron chi connectivity index (χ3n) is 5.67. The largest absolute Gasteiger partial charge is 0.497 e. The molecule has 4 amide bonds. The minimum Gasteiger partial charge on any atom is -0.497 e. The molecule has 0 aliphatic carbocycles. The first-order chi connectivity index (χ1) is 16.1. The number of hydrogen-bond donors (Lipinski definition) is 2. The first kappa shape index (κ1) is 20.5. The zero-order valence-electron chi connectivity index (χ0n) is 17.7. The number of nitrogens with one attached hydrogen (secondary N) is 2. The molecule has 0 radical (unpaired) electrons. The molecular formula is C24H20N4O5. The van der Waals surface area contributed by atoms with Gasteiger partial charge in [-0.1, -0.05) is 24.3 Å². The van der Waals surface area contributed by atoms with Crippen molar-refractivity contribution in [2.45, 2.75) is 12.6 Å². The van der Waals surface area contributed by atoms with Gasteiger partial charge in [-0.2, -0.15) is 0 Å². The highest BCUT2D eigenvalue weighted by atomic mass is 16.5. The fourth-order valence-corrected chi connectivity index (χ4v) is 4.06. The van der Waals surface area contributed by atoms with Crippen LogP contribution in [-0.4, -0.2) is 41.9 Å². The van der Waals surface area contributed by atoms with E-state index in [0.29, 0.717) is 35.7 Å². The molecule has 9 nitrogen and oxygen atoms in total. The molecule has 3 heterocycles. The van der Waals surface area contributed by atoms with E-state index in [0.717, 1.165) is 21.9 Å². The van der Waals surface area contributed by atoms with Crippen molar-refractivity contribution in [3.05, 3.63) is 71.5 Å². The lowest BCUT2D eigenvalue weighted by molar-refractivity contribution is -0.108. The van der Waals surface area contributed by atoms with E-state index >= 15 is 0 Å². The maximum absolute atomic E-state index is 13.0. The number of nitrogens with zero attached hydrogens (tertiary/aromatic N) is 2. The minimum atomic E-state index is -0.706. The predicted molar refractivity (Wildman–Crippen MR) is 120 cm³/mol. The lowest BCUT2D eigenvalue weighted by atomic mass is 10.1. The first-order valence-electron chi connectivity index (χ1n) is 10.3. The number of carbonyl (C=O) groups excluding carboxylic acids is 3. The van der Waals surface area contributed by atoms with Gasteiger partial charge in [0.1, 0.15) is 17.6 Å². The maximum atomic E-state index is 13.0. The number of fused-ring (bicyclic) bond motifs is 3. The van der Waals surface area contributed by atoms with Crippen molar-refractivity contribution in [2.75, 3.05) is 13.7 Å². The van der Waals surface area contributed by atoms with Crippen LogP contribution in [0.2, 0.25) is 0 Å². The average molecular weight is 444 g/mol. The van der Waals surface area contributed by atoms with Crippen LogP contribution >= 0.6 is 0 Å². The number of para-hydroxylation sites is 1. The van der Waals surface area contributed by atoms with E-state index in [1.54, 1.807) is 30.2 Å². The number of urea groups is 1. The zero-order valence-corrected chi connectivity index (χ0v) is 17.7. The van der Waals surface area contributed by atoms with Gasteiger partial charge < -0.3 is 19.4 Å². The Morgan fingerprint density at radius 3 is 2.88 bits per heavy atom.